The molecule has 7 rings (SSSR count). The lowest BCUT2D eigenvalue weighted by molar-refractivity contribution is -0.190. The number of benzene rings is 1. The Morgan fingerprint density at radius 2 is 1.86 bits per heavy atom. The van der Waals surface area contributed by atoms with E-state index in [1.807, 2.05) is 34.6 Å². The zero-order valence-corrected chi connectivity index (χ0v) is 26.4. The number of carboxylic acid groups (broad SMARTS) is 1. The molecule has 6 atom stereocenters. The van der Waals surface area contributed by atoms with Gasteiger partial charge in [-0.2, -0.15) is 0 Å². The van der Waals surface area contributed by atoms with Crippen LogP contribution in [0.25, 0.3) is 0 Å². The first-order valence-corrected chi connectivity index (χ1v) is 14.9. The molecule has 0 radical (unpaired) electrons. The Bertz CT molecular complexity index is 1630. The van der Waals surface area contributed by atoms with Crippen LogP contribution in [0.5, 0.6) is 17.2 Å². The number of aliphatic carboxylic acids is 1. The molecule has 1 saturated carbocycles. The molecule has 1 aromatic carbocycles. The number of phenols is 1. The van der Waals surface area contributed by atoms with E-state index in [2.05, 4.69) is 6.58 Å². The smallest absolute Gasteiger partial charge is 0.330 e. The molecule has 2 fully saturated rings. The molecule has 1 aromatic rings. The molecule has 3 aliphatic heterocycles. The van der Waals surface area contributed by atoms with Gasteiger partial charge in [0.2, 0.25) is 5.78 Å². The van der Waals surface area contributed by atoms with Crippen LogP contribution in [0.1, 0.15) is 82.8 Å². The number of aliphatic hydroxyl groups excluding tert-OH is 1. The topological polar surface area (TPSA) is 149 Å². The van der Waals surface area contributed by atoms with Crippen LogP contribution in [0.3, 0.4) is 0 Å². The third-order valence-electron chi connectivity index (χ3n) is 10.9. The van der Waals surface area contributed by atoms with Crippen molar-refractivity contribution in [2.75, 3.05) is 7.11 Å². The van der Waals surface area contributed by atoms with Crippen molar-refractivity contribution in [2.24, 2.45) is 5.92 Å². The van der Waals surface area contributed by atoms with Crippen LogP contribution in [-0.2, 0) is 30.9 Å². The van der Waals surface area contributed by atoms with Gasteiger partial charge < -0.3 is 34.3 Å². The number of rotatable bonds is 7. The third-order valence-corrected chi connectivity index (χ3v) is 10.9. The summed E-state index contributed by atoms with van der Waals surface area (Å²) in [6.45, 7) is 16.4. The highest BCUT2D eigenvalue weighted by Crippen LogP contribution is 2.70. The van der Waals surface area contributed by atoms with Gasteiger partial charge in [-0.3, -0.25) is 9.59 Å². The molecular formula is C34H40O10. The Morgan fingerprint density at radius 1 is 1.20 bits per heavy atom. The molecule has 3 heterocycles. The maximum absolute atomic E-state index is 14.8. The van der Waals surface area contributed by atoms with Gasteiger partial charge >= 0.3 is 5.97 Å². The number of phenolic OH excluding ortho intramolecular Hbond substituents is 1. The van der Waals surface area contributed by atoms with Gasteiger partial charge in [0.1, 0.15) is 34.5 Å². The average molecular weight is 609 g/mol. The lowest BCUT2D eigenvalue weighted by Crippen LogP contribution is -2.77. The Morgan fingerprint density at radius 3 is 2.45 bits per heavy atom. The quantitative estimate of drug-likeness (QED) is 0.305. The van der Waals surface area contributed by atoms with Crippen LogP contribution in [0.2, 0.25) is 0 Å². The van der Waals surface area contributed by atoms with E-state index in [4.69, 9.17) is 18.9 Å². The summed E-state index contributed by atoms with van der Waals surface area (Å²) in [5.74, 6) is -2.64. The van der Waals surface area contributed by atoms with E-state index in [-0.39, 0.29) is 53.0 Å². The fraction of sp³-hybridized carbons (Fsp3) is 0.559. The molecular weight excluding hydrogens is 568 g/mol. The van der Waals surface area contributed by atoms with Crippen LogP contribution in [-0.4, -0.2) is 74.6 Å². The van der Waals surface area contributed by atoms with Gasteiger partial charge in [0, 0.05) is 53.6 Å². The molecule has 6 aliphatic rings. The van der Waals surface area contributed by atoms with E-state index in [0.717, 1.165) is 0 Å². The lowest BCUT2D eigenvalue weighted by atomic mass is 9.49. The highest BCUT2D eigenvalue weighted by molar-refractivity contribution is 6.20. The van der Waals surface area contributed by atoms with E-state index < -0.39 is 63.5 Å². The van der Waals surface area contributed by atoms with Crippen molar-refractivity contribution in [1.29, 1.82) is 0 Å². The minimum Gasteiger partial charge on any atom is -0.507 e. The molecule has 3 N–H and O–H groups in total. The van der Waals surface area contributed by atoms with Gasteiger partial charge in [-0.15, -0.1) is 0 Å². The van der Waals surface area contributed by atoms with Crippen LogP contribution in [0.4, 0.5) is 0 Å². The molecule has 236 valence electrons. The number of carboxylic acids is 1. The van der Waals surface area contributed by atoms with E-state index in [0.29, 0.717) is 16.9 Å². The van der Waals surface area contributed by atoms with Crippen LogP contribution >= 0.6 is 0 Å². The van der Waals surface area contributed by atoms with Gasteiger partial charge in [0.15, 0.2) is 17.0 Å². The van der Waals surface area contributed by atoms with Gasteiger partial charge in [-0.1, -0.05) is 32.1 Å². The van der Waals surface area contributed by atoms with Gasteiger partial charge in [-0.25, -0.2) is 4.79 Å². The molecule has 10 heteroatoms. The summed E-state index contributed by atoms with van der Waals surface area (Å²) in [4.78, 5) is 41.2. The minimum atomic E-state index is -1.81. The first kappa shape index (κ1) is 30.6. The summed E-state index contributed by atoms with van der Waals surface area (Å²) in [6.07, 6.45) is 1.50. The third kappa shape index (κ3) is 3.44. The SMILES string of the molecule is C=C(C)C(O)Cc1c(O)c2c(c3c1O[C@H](C)C3(C)C)O[C@@]13C(=C[C@@]4(OC)C[C@@H]1C(C)(C)O[C@]3(C/C=C(/C)C(=O)O)C4=O)C2=O. The number of carbonyl (C=O) groups excluding carboxylic acids is 2. The number of carbonyl (C=O) groups is 3. The minimum absolute atomic E-state index is 0.0111. The molecule has 0 amide bonds. The number of aliphatic hydroxyl groups is 1. The summed E-state index contributed by atoms with van der Waals surface area (Å²) in [5, 5.41) is 32.2. The number of ether oxygens (including phenoxy) is 4. The summed E-state index contributed by atoms with van der Waals surface area (Å²) in [6, 6.07) is 0. The van der Waals surface area contributed by atoms with Crippen molar-refractivity contribution < 1.29 is 48.7 Å². The summed E-state index contributed by atoms with van der Waals surface area (Å²) < 4.78 is 26.0. The molecule has 1 unspecified atom stereocenters. The Hall–Kier alpha value is -3.47. The number of fused-ring (bicyclic) bond motifs is 3. The Balaban J connectivity index is 1.69. The second kappa shape index (κ2) is 9.05. The fourth-order valence-corrected chi connectivity index (χ4v) is 8.08. The standard InChI is InChI=1S/C34H40O10/c1-15(2)20(35)12-18-24(36)22-25(37)19-13-32(41-9)14-21-31(7,8)44-33(29(32)40,11-10-16(3)28(38)39)34(19,21)43-27(22)23-26(18)42-17(4)30(23,5)6/h10,13,17,20-21,35-36H,1,11-12,14H2,2-9H3,(H,38,39)/b16-10-/t17-,20?,21-,32-,33-,34+/m1/s1. The highest BCUT2D eigenvalue weighted by Gasteiger charge is 2.84. The number of ketones is 2. The molecule has 44 heavy (non-hydrogen) atoms. The number of hydrogen-bond donors (Lipinski definition) is 3. The lowest BCUT2D eigenvalue weighted by Gasteiger charge is -2.59. The molecule has 0 aromatic heterocycles. The summed E-state index contributed by atoms with van der Waals surface area (Å²) >= 11 is 0. The second-order valence-corrected chi connectivity index (χ2v) is 14.1. The van der Waals surface area contributed by atoms with Crippen molar-refractivity contribution in [3.8, 4) is 17.2 Å². The van der Waals surface area contributed by atoms with E-state index in [1.54, 1.807) is 6.92 Å². The van der Waals surface area contributed by atoms with Gasteiger partial charge in [0.05, 0.1) is 11.7 Å². The van der Waals surface area contributed by atoms with E-state index in [1.165, 1.54) is 26.2 Å². The Kier molecular flexibility index (Phi) is 6.28. The fourth-order valence-electron chi connectivity index (χ4n) is 8.08. The number of Topliss-reactive ketones (excluding diaryl/α,β-unsaturated/α-hetero) is 2. The Labute approximate surface area is 256 Å². The molecule has 3 aliphatic carbocycles. The first-order valence-electron chi connectivity index (χ1n) is 14.9. The summed E-state index contributed by atoms with van der Waals surface area (Å²) in [7, 11) is 1.40. The van der Waals surface area contributed by atoms with Crippen molar-refractivity contribution >= 4 is 17.5 Å². The van der Waals surface area contributed by atoms with Crippen LogP contribution in [0, 0.1) is 5.92 Å². The maximum Gasteiger partial charge on any atom is 0.330 e. The van der Waals surface area contributed by atoms with Crippen molar-refractivity contribution in [3.05, 3.63) is 52.1 Å². The zero-order valence-electron chi connectivity index (χ0n) is 26.4. The largest absolute Gasteiger partial charge is 0.507 e. The predicted octanol–water partition coefficient (Wildman–Crippen LogP) is 4.13. The average Bonchev–Trinajstić information content (AvgIpc) is 3.27. The molecule has 1 saturated heterocycles. The second-order valence-electron chi connectivity index (χ2n) is 14.1. The summed E-state index contributed by atoms with van der Waals surface area (Å²) in [5.41, 5.74) is -5.32. The van der Waals surface area contributed by atoms with E-state index in [9.17, 15) is 29.7 Å². The van der Waals surface area contributed by atoms with Crippen molar-refractivity contribution in [2.45, 2.75) is 108 Å². The molecule has 1 spiro atoms. The van der Waals surface area contributed by atoms with Gasteiger partial charge in [-0.05, 0) is 47.1 Å². The molecule has 10 nitrogen and oxygen atoms in total. The first-order chi connectivity index (χ1) is 20.3. The van der Waals surface area contributed by atoms with Crippen molar-refractivity contribution in [1.82, 2.24) is 0 Å². The maximum atomic E-state index is 14.8. The number of methoxy groups -OCH3 is 1. The highest BCUT2D eigenvalue weighted by atomic mass is 16.6. The van der Waals surface area contributed by atoms with Gasteiger partial charge in [0.25, 0.3) is 0 Å². The number of hydrogen-bond acceptors (Lipinski definition) is 9. The van der Waals surface area contributed by atoms with E-state index >= 15 is 0 Å². The predicted molar refractivity (Wildman–Crippen MR) is 158 cm³/mol. The van der Waals surface area contributed by atoms with Crippen molar-refractivity contribution in [3.63, 3.8) is 0 Å². The number of aromatic hydroxyl groups is 1. The monoisotopic (exact) mass is 608 g/mol. The normalized spacial score (nSPS) is 34.4. The molecule has 4 bridgehead atoms. The van der Waals surface area contributed by atoms with Crippen LogP contribution in [0.15, 0.2) is 35.5 Å². The van der Waals surface area contributed by atoms with Crippen LogP contribution < -0.4 is 9.47 Å². The zero-order chi connectivity index (χ0) is 32.5.